The van der Waals surface area contributed by atoms with Gasteiger partial charge < -0.3 is 5.32 Å². The number of amides is 1. The summed E-state index contributed by atoms with van der Waals surface area (Å²) < 4.78 is 14.1. The van der Waals surface area contributed by atoms with Crippen LogP contribution in [0.15, 0.2) is 53.0 Å². The molecule has 2 aliphatic carbocycles. The summed E-state index contributed by atoms with van der Waals surface area (Å²) in [4.78, 5) is 12.8. The van der Waals surface area contributed by atoms with Crippen molar-refractivity contribution >= 4 is 21.8 Å². The van der Waals surface area contributed by atoms with Gasteiger partial charge in [0.2, 0.25) is 5.91 Å². The first-order chi connectivity index (χ1) is 11.5. The summed E-state index contributed by atoms with van der Waals surface area (Å²) in [6.07, 6.45) is 3.89. The number of hydrogen-bond acceptors (Lipinski definition) is 1. The summed E-state index contributed by atoms with van der Waals surface area (Å²) in [5.41, 5.74) is 1.84. The van der Waals surface area contributed by atoms with Crippen LogP contribution in [0.5, 0.6) is 0 Å². The summed E-state index contributed by atoms with van der Waals surface area (Å²) in [7, 11) is 0. The first-order valence-electron chi connectivity index (χ1n) is 8.35. The average Bonchev–Trinajstić information content (AvgIpc) is 3.48. The van der Waals surface area contributed by atoms with Crippen molar-refractivity contribution in [3.8, 4) is 0 Å². The fourth-order valence-electron chi connectivity index (χ4n) is 3.50. The van der Waals surface area contributed by atoms with Gasteiger partial charge >= 0.3 is 0 Å². The highest BCUT2D eigenvalue weighted by molar-refractivity contribution is 9.10. The van der Waals surface area contributed by atoms with Crippen molar-refractivity contribution in [2.75, 3.05) is 6.54 Å². The third-order valence-electron chi connectivity index (χ3n) is 5.46. The molecular formula is C20H19BrFNO. The predicted molar refractivity (Wildman–Crippen MR) is 95.4 cm³/mol. The van der Waals surface area contributed by atoms with Gasteiger partial charge in [-0.05, 0) is 61.1 Å². The molecule has 2 aromatic rings. The van der Waals surface area contributed by atoms with Crippen molar-refractivity contribution in [3.05, 3.63) is 69.9 Å². The molecule has 0 aromatic heterocycles. The van der Waals surface area contributed by atoms with Crippen molar-refractivity contribution in [2.45, 2.75) is 36.5 Å². The number of rotatable bonds is 5. The molecule has 1 N–H and O–H groups in total. The van der Waals surface area contributed by atoms with Gasteiger partial charge in [-0.15, -0.1) is 0 Å². The third-order valence-corrected chi connectivity index (χ3v) is 5.95. The fraction of sp³-hybridized carbons (Fsp3) is 0.350. The van der Waals surface area contributed by atoms with Crippen LogP contribution in [0.3, 0.4) is 0 Å². The van der Waals surface area contributed by atoms with Crippen LogP contribution in [0, 0.1) is 5.82 Å². The molecule has 4 heteroatoms. The largest absolute Gasteiger partial charge is 0.354 e. The van der Waals surface area contributed by atoms with Crippen molar-refractivity contribution in [2.24, 2.45) is 0 Å². The van der Waals surface area contributed by atoms with E-state index in [-0.39, 0.29) is 22.6 Å². The fourth-order valence-corrected chi connectivity index (χ4v) is 3.90. The Balaban J connectivity index is 1.46. The van der Waals surface area contributed by atoms with E-state index in [9.17, 15) is 9.18 Å². The lowest BCUT2D eigenvalue weighted by Gasteiger charge is -2.20. The highest BCUT2D eigenvalue weighted by Gasteiger charge is 2.52. The van der Waals surface area contributed by atoms with E-state index in [2.05, 4.69) is 21.2 Å². The molecule has 4 rings (SSSR count). The van der Waals surface area contributed by atoms with Crippen molar-refractivity contribution in [1.29, 1.82) is 0 Å². The maximum atomic E-state index is 13.1. The Labute approximate surface area is 149 Å². The first kappa shape index (κ1) is 15.8. The van der Waals surface area contributed by atoms with Gasteiger partial charge in [-0.3, -0.25) is 4.79 Å². The lowest BCUT2D eigenvalue weighted by molar-refractivity contribution is -0.123. The Morgan fingerprint density at radius 2 is 1.75 bits per heavy atom. The van der Waals surface area contributed by atoms with Gasteiger partial charge in [0.15, 0.2) is 0 Å². The van der Waals surface area contributed by atoms with Crippen LogP contribution in [0.1, 0.15) is 36.8 Å². The maximum Gasteiger partial charge on any atom is 0.230 e. The molecule has 0 bridgehead atoms. The molecule has 2 saturated carbocycles. The zero-order chi connectivity index (χ0) is 16.8. The van der Waals surface area contributed by atoms with E-state index in [4.69, 9.17) is 0 Å². The molecule has 0 saturated heterocycles. The Kier molecular flexibility index (Phi) is 3.75. The minimum Gasteiger partial charge on any atom is -0.354 e. The van der Waals surface area contributed by atoms with Gasteiger partial charge in [0.1, 0.15) is 5.82 Å². The highest BCUT2D eigenvalue weighted by atomic mass is 79.9. The summed E-state index contributed by atoms with van der Waals surface area (Å²) in [5, 5.41) is 3.17. The molecule has 0 aliphatic heterocycles. The van der Waals surface area contributed by atoms with Crippen LogP contribution in [0.2, 0.25) is 0 Å². The molecule has 2 aliphatic rings. The number of hydrogen-bond donors (Lipinski definition) is 1. The number of carbonyl (C=O) groups is 1. The summed E-state index contributed by atoms with van der Waals surface area (Å²) >= 11 is 3.49. The Morgan fingerprint density at radius 3 is 2.33 bits per heavy atom. The molecule has 0 radical (unpaired) electrons. The Bertz CT molecular complexity index is 778. The second kappa shape index (κ2) is 5.69. The van der Waals surface area contributed by atoms with Crippen LogP contribution in [0.25, 0.3) is 0 Å². The normalized spacial score (nSPS) is 19.6. The van der Waals surface area contributed by atoms with Crippen molar-refractivity contribution < 1.29 is 9.18 Å². The van der Waals surface area contributed by atoms with E-state index in [0.29, 0.717) is 6.54 Å². The molecule has 24 heavy (non-hydrogen) atoms. The molecule has 0 atom stereocenters. The number of carbonyl (C=O) groups excluding carboxylic acids is 1. The van der Waals surface area contributed by atoms with E-state index in [1.807, 2.05) is 36.4 Å². The minimum atomic E-state index is -0.358. The van der Waals surface area contributed by atoms with E-state index < -0.39 is 0 Å². The quantitative estimate of drug-likeness (QED) is 0.805. The van der Waals surface area contributed by atoms with Crippen LogP contribution in [-0.2, 0) is 15.6 Å². The minimum absolute atomic E-state index is 0.00326. The van der Waals surface area contributed by atoms with Crippen molar-refractivity contribution in [3.63, 3.8) is 0 Å². The number of benzene rings is 2. The molecule has 2 nitrogen and oxygen atoms in total. The van der Waals surface area contributed by atoms with Gasteiger partial charge in [-0.25, -0.2) is 4.39 Å². The lowest BCUT2D eigenvalue weighted by atomic mass is 9.93. The highest BCUT2D eigenvalue weighted by Crippen LogP contribution is 2.50. The van der Waals surface area contributed by atoms with E-state index in [1.54, 1.807) is 0 Å². The van der Waals surface area contributed by atoms with E-state index in [1.165, 1.54) is 12.1 Å². The topological polar surface area (TPSA) is 29.1 Å². The number of nitrogens with one attached hydrogen (secondary N) is 1. The number of halogens is 2. The summed E-state index contributed by atoms with van der Waals surface area (Å²) in [6.45, 7) is 0.632. The monoisotopic (exact) mass is 387 g/mol. The van der Waals surface area contributed by atoms with Crippen LogP contribution < -0.4 is 5.32 Å². The standard InChI is InChI=1S/C20H19BrFNO/c21-16-3-1-2-15(12-16)20(10-11-20)18(24)23-13-19(8-9-19)14-4-6-17(22)7-5-14/h1-7,12H,8-11,13H2,(H,23,24). The van der Waals surface area contributed by atoms with Crippen LogP contribution >= 0.6 is 15.9 Å². The Hall–Kier alpha value is -1.68. The molecule has 0 heterocycles. The molecule has 0 unspecified atom stereocenters. The molecule has 124 valence electrons. The summed E-state index contributed by atoms with van der Waals surface area (Å²) in [5.74, 6) is -0.0980. The molecule has 1 amide bonds. The van der Waals surface area contributed by atoms with Crippen molar-refractivity contribution in [1.82, 2.24) is 5.32 Å². The molecule has 2 fully saturated rings. The van der Waals surface area contributed by atoms with Gasteiger partial charge in [0, 0.05) is 16.4 Å². The van der Waals surface area contributed by atoms with E-state index >= 15 is 0 Å². The van der Waals surface area contributed by atoms with Gasteiger partial charge in [0.25, 0.3) is 0 Å². The van der Waals surface area contributed by atoms with Gasteiger partial charge in [-0.1, -0.05) is 40.2 Å². The third kappa shape index (κ3) is 2.77. The second-order valence-corrected chi connectivity index (χ2v) is 7.98. The second-order valence-electron chi connectivity index (χ2n) is 7.06. The summed E-state index contributed by atoms with van der Waals surface area (Å²) in [6, 6.07) is 14.7. The van der Waals surface area contributed by atoms with Crippen LogP contribution in [-0.4, -0.2) is 12.5 Å². The first-order valence-corrected chi connectivity index (χ1v) is 9.14. The average molecular weight is 388 g/mol. The molecular weight excluding hydrogens is 369 g/mol. The zero-order valence-corrected chi connectivity index (χ0v) is 14.9. The van der Waals surface area contributed by atoms with E-state index in [0.717, 1.165) is 41.3 Å². The SMILES string of the molecule is O=C(NCC1(c2ccc(F)cc2)CC1)C1(c2cccc(Br)c2)CC1. The maximum absolute atomic E-state index is 13.1. The molecule has 0 spiro atoms. The lowest BCUT2D eigenvalue weighted by Crippen LogP contribution is -2.39. The predicted octanol–water partition coefficient (Wildman–Crippen LogP) is 4.47. The Morgan fingerprint density at radius 1 is 1.04 bits per heavy atom. The van der Waals surface area contributed by atoms with Crippen LogP contribution in [0.4, 0.5) is 4.39 Å². The van der Waals surface area contributed by atoms with Gasteiger partial charge in [-0.2, -0.15) is 0 Å². The smallest absolute Gasteiger partial charge is 0.230 e. The molecule has 2 aromatic carbocycles. The van der Waals surface area contributed by atoms with Gasteiger partial charge in [0.05, 0.1) is 5.41 Å². The zero-order valence-electron chi connectivity index (χ0n) is 13.3.